The second-order valence-corrected chi connectivity index (χ2v) is 4.40. The van der Waals surface area contributed by atoms with E-state index < -0.39 is 25.4 Å². The minimum atomic E-state index is -1.21. The van der Waals surface area contributed by atoms with Gasteiger partial charge >= 0.3 is 0 Å². The summed E-state index contributed by atoms with van der Waals surface area (Å²) in [5.74, 6) is 0.102. The summed E-state index contributed by atoms with van der Waals surface area (Å²) in [4.78, 5) is 13.4. The molecule has 0 saturated carbocycles. The highest BCUT2D eigenvalue weighted by atomic mass is 27.0. The third kappa shape index (κ3) is 5.48. The molecule has 7 N–H and O–H groups in total. The number of rotatable bonds is 3. The minimum absolute atomic E-state index is 0. The van der Waals surface area contributed by atoms with Gasteiger partial charge in [0.25, 0.3) is 0 Å². The molecule has 0 spiro atoms. The Hall–Kier alpha value is -1.40. The van der Waals surface area contributed by atoms with Crippen LogP contribution in [0.4, 0.5) is 0 Å². The first kappa shape index (κ1) is 19.6. The zero-order valence-corrected chi connectivity index (χ0v) is 12.5. The van der Waals surface area contributed by atoms with E-state index in [4.69, 9.17) is 21.1 Å². The van der Waals surface area contributed by atoms with Crippen molar-refractivity contribution in [1.29, 1.82) is 0 Å². The molecule has 113 valence electrons. The van der Waals surface area contributed by atoms with Gasteiger partial charge in [-0.1, -0.05) is 12.1 Å². The van der Waals surface area contributed by atoms with E-state index in [1.54, 1.807) is 12.1 Å². The lowest BCUT2D eigenvalue weighted by Crippen LogP contribution is -2.50. The third-order valence-electron chi connectivity index (χ3n) is 2.68. The third-order valence-corrected chi connectivity index (χ3v) is 2.68. The summed E-state index contributed by atoms with van der Waals surface area (Å²) in [5.41, 5.74) is 4.22. The second-order valence-electron chi connectivity index (χ2n) is 4.40. The van der Waals surface area contributed by atoms with E-state index in [0.717, 1.165) is 5.39 Å². The average Bonchev–Trinajstić information content (AvgIpc) is 2.48. The highest BCUT2D eigenvalue weighted by Crippen LogP contribution is 2.19. The number of nitrogens with one attached hydrogen (secondary N) is 1. The molecule has 0 aliphatic rings. The number of aromatic hydroxyl groups is 1. The number of hydrogen-bond donors (Lipinski definition) is 6. The Morgan fingerprint density at radius 3 is 2.10 bits per heavy atom. The van der Waals surface area contributed by atoms with Crippen LogP contribution in [-0.4, -0.2) is 68.1 Å². The van der Waals surface area contributed by atoms with Crippen LogP contribution in [0.3, 0.4) is 0 Å². The van der Waals surface area contributed by atoms with Crippen LogP contribution in [-0.2, 0) is 0 Å². The van der Waals surface area contributed by atoms with Crippen molar-refractivity contribution in [2.24, 2.45) is 5.73 Å². The Balaban J connectivity index is 0.000000397. The zero-order valence-electron chi connectivity index (χ0n) is 11.4. The lowest BCUT2D eigenvalue weighted by molar-refractivity contribution is 0.0698. The summed E-state index contributed by atoms with van der Waals surface area (Å²) in [6, 6.07) is 8.20. The van der Waals surface area contributed by atoms with Crippen LogP contribution in [0.2, 0.25) is 0 Å². The molecule has 21 heavy (non-hydrogen) atoms. The molecule has 2 rings (SSSR count). The number of nitrogens with two attached hydrogens (primary N) is 1. The number of fused-ring (bicyclic) bond motifs is 1. The number of phenolic OH excluding ortho intramolecular Hbond substituents is 1. The summed E-state index contributed by atoms with van der Waals surface area (Å²) >= 11 is 0. The number of aromatic nitrogens is 1. The Morgan fingerprint density at radius 2 is 1.62 bits per heavy atom. The van der Waals surface area contributed by atoms with Crippen LogP contribution >= 0.6 is 0 Å². The molecule has 0 unspecified atom stereocenters. The first-order chi connectivity index (χ1) is 9.45. The maximum absolute atomic E-state index is 10.9. The first-order valence-corrected chi connectivity index (χ1v) is 5.88. The van der Waals surface area contributed by atoms with Crippen molar-refractivity contribution in [1.82, 2.24) is 4.98 Å². The lowest BCUT2D eigenvalue weighted by Gasteiger charge is -2.20. The number of benzene rings is 1. The molecule has 2 aromatic rings. The van der Waals surface area contributed by atoms with E-state index in [-0.39, 0.29) is 28.7 Å². The van der Waals surface area contributed by atoms with Gasteiger partial charge in [-0.05, 0) is 12.1 Å². The van der Waals surface area contributed by atoms with Crippen molar-refractivity contribution in [3.05, 3.63) is 40.7 Å². The topological polar surface area (TPSA) is 140 Å². The number of aliphatic hydroxyl groups is 3. The number of para-hydroxylation sites is 1. The first-order valence-electron chi connectivity index (χ1n) is 5.88. The second kappa shape index (κ2) is 8.79. The quantitative estimate of drug-likeness (QED) is 0.382. The fourth-order valence-electron chi connectivity index (χ4n) is 1.31. The van der Waals surface area contributed by atoms with Crippen molar-refractivity contribution in [3.63, 3.8) is 0 Å². The lowest BCUT2D eigenvalue weighted by atomic mass is 10.1. The van der Waals surface area contributed by atoms with E-state index in [0.29, 0.717) is 5.52 Å². The number of H-pyrrole nitrogens is 1. The Bertz CT molecular complexity index is 605. The number of hydrogen-bond acceptors (Lipinski definition) is 6. The van der Waals surface area contributed by atoms with Gasteiger partial charge in [-0.2, -0.15) is 0 Å². The summed E-state index contributed by atoms with van der Waals surface area (Å²) < 4.78 is 0. The van der Waals surface area contributed by atoms with E-state index >= 15 is 0 Å². The van der Waals surface area contributed by atoms with Crippen molar-refractivity contribution in [2.75, 3.05) is 19.8 Å². The van der Waals surface area contributed by atoms with Gasteiger partial charge in [0.05, 0.1) is 30.9 Å². The van der Waals surface area contributed by atoms with E-state index in [1.165, 1.54) is 12.1 Å². The standard InChI is InChI=1S/C9H7NO2.C4H11NO3.Al/c11-7-3-1-2-6-4-5-8(12)10-9(6)7;5-4(1-6,2-7)3-8;/h1-5,11H,(H,10,12);6-8H,1-3,5H2;. The molecule has 1 heterocycles. The maximum Gasteiger partial charge on any atom is 0.248 e. The number of aliphatic hydroxyl groups excluding tert-OH is 3. The monoisotopic (exact) mass is 309 g/mol. The van der Waals surface area contributed by atoms with Gasteiger partial charge < -0.3 is 31.1 Å². The van der Waals surface area contributed by atoms with Gasteiger partial charge in [0.1, 0.15) is 5.75 Å². The summed E-state index contributed by atoms with van der Waals surface area (Å²) in [6.07, 6.45) is 0. The van der Waals surface area contributed by atoms with Gasteiger partial charge in [-0.3, -0.25) is 4.79 Å². The summed E-state index contributed by atoms with van der Waals surface area (Å²) in [5, 5.41) is 35.2. The van der Waals surface area contributed by atoms with Crippen molar-refractivity contribution >= 4 is 28.3 Å². The van der Waals surface area contributed by atoms with Crippen LogP contribution in [0.1, 0.15) is 0 Å². The molecule has 0 aliphatic carbocycles. The van der Waals surface area contributed by atoms with Crippen LogP contribution in [0, 0.1) is 0 Å². The van der Waals surface area contributed by atoms with Gasteiger partial charge in [0.15, 0.2) is 0 Å². The maximum atomic E-state index is 10.9. The molecule has 0 amide bonds. The predicted octanol–water partition coefficient (Wildman–Crippen LogP) is -1.49. The highest BCUT2D eigenvalue weighted by molar-refractivity contribution is 5.83. The number of aromatic amines is 1. The fourth-order valence-corrected chi connectivity index (χ4v) is 1.31. The Morgan fingerprint density at radius 1 is 1.05 bits per heavy atom. The summed E-state index contributed by atoms with van der Waals surface area (Å²) in [7, 11) is 0. The average molecular weight is 309 g/mol. The van der Waals surface area contributed by atoms with E-state index in [1.807, 2.05) is 6.07 Å². The highest BCUT2D eigenvalue weighted by Gasteiger charge is 2.20. The van der Waals surface area contributed by atoms with Crippen molar-refractivity contribution in [3.8, 4) is 5.75 Å². The van der Waals surface area contributed by atoms with Crippen molar-refractivity contribution < 1.29 is 20.4 Å². The van der Waals surface area contributed by atoms with Crippen LogP contribution in [0.15, 0.2) is 35.1 Å². The predicted molar refractivity (Wildman–Crippen MR) is 80.2 cm³/mol. The molecule has 3 radical (unpaired) electrons. The van der Waals surface area contributed by atoms with Gasteiger partial charge in [0.2, 0.25) is 5.56 Å². The normalized spacial score (nSPS) is 10.5. The molecule has 0 saturated heterocycles. The van der Waals surface area contributed by atoms with Gasteiger partial charge in [-0.15, -0.1) is 0 Å². The minimum Gasteiger partial charge on any atom is -0.506 e. The summed E-state index contributed by atoms with van der Waals surface area (Å²) in [6.45, 7) is -1.21. The van der Waals surface area contributed by atoms with Crippen LogP contribution < -0.4 is 11.3 Å². The number of phenols is 1. The smallest absolute Gasteiger partial charge is 0.248 e. The number of pyridine rings is 1. The fraction of sp³-hybridized carbons (Fsp3) is 0.308. The molecule has 0 bridgehead atoms. The van der Waals surface area contributed by atoms with Gasteiger partial charge in [-0.25, -0.2) is 0 Å². The van der Waals surface area contributed by atoms with Crippen molar-refractivity contribution in [2.45, 2.75) is 5.54 Å². The molecule has 7 nitrogen and oxygen atoms in total. The molecule has 8 heteroatoms. The molecular weight excluding hydrogens is 291 g/mol. The molecule has 1 aromatic carbocycles. The largest absolute Gasteiger partial charge is 0.506 e. The van der Waals surface area contributed by atoms with Crippen LogP contribution in [0.5, 0.6) is 5.75 Å². The zero-order chi connectivity index (χ0) is 15.2. The van der Waals surface area contributed by atoms with Crippen LogP contribution in [0.25, 0.3) is 10.9 Å². The molecule has 0 aliphatic heterocycles. The Labute approximate surface area is 131 Å². The molecule has 1 aromatic heterocycles. The SMILES string of the molecule is NC(CO)(CO)CO.O=c1ccc2cccc(O)c2[nH]1.[Al]. The van der Waals surface area contributed by atoms with Gasteiger partial charge in [0, 0.05) is 28.8 Å². The molecule has 0 fully saturated rings. The van der Waals surface area contributed by atoms with E-state index in [9.17, 15) is 9.90 Å². The van der Waals surface area contributed by atoms with E-state index in [2.05, 4.69) is 4.98 Å². The Kier molecular flexibility index (Phi) is 8.21. The molecule has 0 atom stereocenters. The molecular formula is C13H18AlN2O5.